The van der Waals surface area contributed by atoms with E-state index in [4.69, 9.17) is 0 Å². The van der Waals surface area contributed by atoms with Gasteiger partial charge in [0.2, 0.25) is 0 Å². The maximum atomic E-state index is 3.43. The van der Waals surface area contributed by atoms with E-state index in [9.17, 15) is 0 Å². The summed E-state index contributed by atoms with van der Waals surface area (Å²) in [4.78, 5) is 3.43. The van der Waals surface area contributed by atoms with Gasteiger partial charge in [0.05, 0.1) is 5.52 Å². The Bertz CT molecular complexity index is 481. The van der Waals surface area contributed by atoms with Crippen molar-refractivity contribution in [2.24, 2.45) is 0 Å². The quantitative estimate of drug-likeness (QED) is 0.707. The summed E-state index contributed by atoms with van der Waals surface area (Å²) >= 11 is 0. The van der Waals surface area contributed by atoms with Crippen LogP contribution in [0.1, 0.15) is 16.8 Å². The third-order valence-corrected chi connectivity index (χ3v) is 2.93. The van der Waals surface area contributed by atoms with Gasteiger partial charge in [-0.15, -0.1) is 0 Å². The monoisotopic (exact) mass is 188 g/mol. The molecular weight excluding hydrogens is 172 g/mol. The van der Waals surface area contributed by atoms with Gasteiger partial charge in [-0.05, 0) is 38.0 Å². The van der Waals surface area contributed by atoms with Gasteiger partial charge in [0.15, 0.2) is 0 Å². The number of H-pyrrole nitrogens is 1. The van der Waals surface area contributed by atoms with Crippen molar-refractivity contribution in [3.63, 3.8) is 0 Å². The summed E-state index contributed by atoms with van der Waals surface area (Å²) in [5.41, 5.74) is 6.35. The third kappa shape index (κ3) is 1.10. The van der Waals surface area contributed by atoms with E-state index in [-0.39, 0.29) is 0 Å². The lowest BCUT2D eigenvalue weighted by molar-refractivity contribution is 1.25. The van der Waals surface area contributed by atoms with Gasteiger partial charge in [0, 0.05) is 23.8 Å². The zero-order chi connectivity index (χ0) is 10.3. The van der Waals surface area contributed by atoms with Crippen molar-refractivity contribution in [3.8, 4) is 0 Å². The highest BCUT2D eigenvalue weighted by Gasteiger charge is 2.09. The van der Waals surface area contributed by atoms with Crippen LogP contribution < -0.4 is 5.32 Å². The van der Waals surface area contributed by atoms with Crippen molar-refractivity contribution >= 4 is 16.6 Å². The Hall–Kier alpha value is -1.44. The van der Waals surface area contributed by atoms with Crippen LogP contribution in [-0.4, -0.2) is 12.0 Å². The molecule has 0 spiro atoms. The molecular formula is C12H16N2. The van der Waals surface area contributed by atoms with Crippen molar-refractivity contribution in [3.05, 3.63) is 29.0 Å². The zero-order valence-corrected chi connectivity index (χ0v) is 9.15. The molecule has 0 aliphatic rings. The first-order chi connectivity index (χ1) is 6.65. The highest BCUT2D eigenvalue weighted by Crippen LogP contribution is 2.30. The molecule has 0 atom stereocenters. The Morgan fingerprint density at radius 1 is 1.14 bits per heavy atom. The number of hydrogen-bond donors (Lipinski definition) is 2. The fraction of sp³-hybridized carbons (Fsp3) is 0.333. The average molecular weight is 188 g/mol. The zero-order valence-electron chi connectivity index (χ0n) is 9.15. The van der Waals surface area contributed by atoms with Crippen LogP contribution in [0, 0.1) is 20.8 Å². The van der Waals surface area contributed by atoms with Gasteiger partial charge in [-0.25, -0.2) is 0 Å². The van der Waals surface area contributed by atoms with Crippen molar-refractivity contribution in [1.82, 2.24) is 4.98 Å². The van der Waals surface area contributed by atoms with Crippen molar-refractivity contribution in [1.29, 1.82) is 0 Å². The van der Waals surface area contributed by atoms with E-state index in [0.29, 0.717) is 0 Å². The SMILES string of the molecule is CNc1ccc(C)c2[nH]c(C)c(C)c12. The van der Waals surface area contributed by atoms with Crippen LogP contribution in [0.25, 0.3) is 10.9 Å². The molecule has 2 heteroatoms. The highest BCUT2D eigenvalue weighted by atomic mass is 14.8. The van der Waals surface area contributed by atoms with E-state index < -0.39 is 0 Å². The minimum Gasteiger partial charge on any atom is -0.388 e. The Labute approximate surface area is 84.3 Å². The fourth-order valence-corrected chi connectivity index (χ4v) is 1.93. The second kappa shape index (κ2) is 3.05. The molecule has 2 rings (SSSR count). The Kier molecular flexibility index (Phi) is 1.99. The number of aromatic amines is 1. The number of anilines is 1. The van der Waals surface area contributed by atoms with Crippen LogP contribution in [0.2, 0.25) is 0 Å². The summed E-state index contributed by atoms with van der Waals surface area (Å²) in [5, 5.41) is 4.56. The van der Waals surface area contributed by atoms with Crippen molar-refractivity contribution in [2.45, 2.75) is 20.8 Å². The normalized spacial score (nSPS) is 10.9. The van der Waals surface area contributed by atoms with Crippen molar-refractivity contribution in [2.75, 3.05) is 12.4 Å². The molecule has 14 heavy (non-hydrogen) atoms. The summed E-state index contributed by atoms with van der Waals surface area (Å²) in [6.45, 7) is 6.42. The number of nitrogens with one attached hydrogen (secondary N) is 2. The lowest BCUT2D eigenvalue weighted by Crippen LogP contribution is -1.90. The van der Waals surface area contributed by atoms with E-state index in [0.717, 1.165) is 0 Å². The number of fused-ring (bicyclic) bond motifs is 1. The Balaban J connectivity index is 2.92. The molecule has 1 heterocycles. The summed E-state index contributed by atoms with van der Waals surface area (Å²) in [6, 6.07) is 4.28. The molecule has 2 N–H and O–H groups in total. The fourth-order valence-electron chi connectivity index (χ4n) is 1.93. The molecule has 74 valence electrons. The van der Waals surface area contributed by atoms with Crippen LogP contribution in [-0.2, 0) is 0 Å². The topological polar surface area (TPSA) is 27.8 Å². The molecule has 0 saturated carbocycles. The first-order valence-electron chi connectivity index (χ1n) is 4.91. The average Bonchev–Trinajstić information content (AvgIpc) is 2.47. The molecule has 0 unspecified atom stereocenters. The second-order valence-corrected chi connectivity index (χ2v) is 3.81. The molecule has 0 radical (unpaired) electrons. The standard InChI is InChI=1S/C12H16N2/c1-7-5-6-10(13-4)11-8(2)9(3)14-12(7)11/h5-6,13-14H,1-4H3. The number of aryl methyl sites for hydroxylation is 3. The predicted octanol–water partition coefficient (Wildman–Crippen LogP) is 3.13. The summed E-state index contributed by atoms with van der Waals surface area (Å²) < 4.78 is 0. The number of benzene rings is 1. The van der Waals surface area contributed by atoms with Gasteiger partial charge in [0.1, 0.15) is 0 Å². The molecule has 2 aromatic rings. The molecule has 0 amide bonds. The number of hydrogen-bond acceptors (Lipinski definition) is 1. The minimum absolute atomic E-state index is 1.20. The molecule has 0 saturated heterocycles. The lowest BCUT2D eigenvalue weighted by Gasteiger charge is -2.05. The number of aromatic nitrogens is 1. The highest BCUT2D eigenvalue weighted by molar-refractivity contribution is 5.97. The Morgan fingerprint density at radius 2 is 1.86 bits per heavy atom. The molecule has 1 aromatic heterocycles. The van der Waals surface area contributed by atoms with Crippen LogP contribution in [0.3, 0.4) is 0 Å². The number of rotatable bonds is 1. The smallest absolute Gasteiger partial charge is 0.0509 e. The van der Waals surface area contributed by atoms with Gasteiger partial charge in [-0.1, -0.05) is 6.07 Å². The first kappa shape index (κ1) is 9.13. The molecule has 1 aromatic carbocycles. The van der Waals surface area contributed by atoms with Crippen LogP contribution in [0.15, 0.2) is 12.1 Å². The second-order valence-electron chi connectivity index (χ2n) is 3.81. The van der Waals surface area contributed by atoms with E-state index in [1.54, 1.807) is 0 Å². The first-order valence-corrected chi connectivity index (χ1v) is 4.91. The molecule has 0 bridgehead atoms. The molecule has 0 aliphatic carbocycles. The largest absolute Gasteiger partial charge is 0.388 e. The van der Waals surface area contributed by atoms with E-state index in [1.165, 1.54) is 33.4 Å². The van der Waals surface area contributed by atoms with Crippen LogP contribution >= 0.6 is 0 Å². The van der Waals surface area contributed by atoms with Gasteiger partial charge in [-0.2, -0.15) is 0 Å². The predicted molar refractivity (Wildman–Crippen MR) is 62.1 cm³/mol. The van der Waals surface area contributed by atoms with E-state index >= 15 is 0 Å². The van der Waals surface area contributed by atoms with Crippen molar-refractivity contribution < 1.29 is 0 Å². The van der Waals surface area contributed by atoms with E-state index in [1.807, 2.05) is 7.05 Å². The summed E-state index contributed by atoms with van der Waals surface area (Å²) in [6.07, 6.45) is 0. The summed E-state index contributed by atoms with van der Waals surface area (Å²) in [7, 11) is 1.96. The van der Waals surface area contributed by atoms with Gasteiger partial charge < -0.3 is 10.3 Å². The van der Waals surface area contributed by atoms with Gasteiger partial charge in [0.25, 0.3) is 0 Å². The summed E-state index contributed by atoms with van der Waals surface area (Å²) in [5.74, 6) is 0. The minimum atomic E-state index is 1.20. The lowest BCUT2D eigenvalue weighted by atomic mass is 10.1. The van der Waals surface area contributed by atoms with Crippen LogP contribution in [0.4, 0.5) is 5.69 Å². The van der Waals surface area contributed by atoms with Crippen LogP contribution in [0.5, 0.6) is 0 Å². The third-order valence-electron chi connectivity index (χ3n) is 2.93. The molecule has 0 fully saturated rings. The molecule has 2 nitrogen and oxygen atoms in total. The van der Waals surface area contributed by atoms with Gasteiger partial charge >= 0.3 is 0 Å². The maximum absolute atomic E-state index is 3.43. The Morgan fingerprint density at radius 3 is 2.50 bits per heavy atom. The molecule has 0 aliphatic heterocycles. The maximum Gasteiger partial charge on any atom is 0.0509 e. The van der Waals surface area contributed by atoms with E-state index in [2.05, 4.69) is 43.2 Å². The van der Waals surface area contributed by atoms with Gasteiger partial charge in [-0.3, -0.25) is 0 Å².